The summed E-state index contributed by atoms with van der Waals surface area (Å²) in [6.45, 7) is 6.02. The van der Waals surface area contributed by atoms with Gasteiger partial charge in [-0.1, -0.05) is 6.92 Å². The molecule has 0 radical (unpaired) electrons. The van der Waals surface area contributed by atoms with Crippen molar-refractivity contribution in [2.24, 2.45) is 0 Å². The van der Waals surface area contributed by atoms with E-state index in [1.54, 1.807) is 0 Å². The van der Waals surface area contributed by atoms with Crippen molar-refractivity contribution >= 4 is 17.7 Å². The van der Waals surface area contributed by atoms with Gasteiger partial charge in [0.2, 0.25) is 5.91 Å². The zero-order valence-electron chi connectivity index (χ0n) is 7.17. The van der Waals surface area contributed by atoms with Crippen LogP contribution >= 0.6 is 11.8 Å². The van der Waals surface area contributed by atoms with E-state index >= 15 is 0 Å². The van der Waals surface area contributed by atoms with Gasteiger partial charge in [-0.15, -0.1) is 0 Å². The lowest BCUT2D eigenvalue weighted by molar-refractivity contribution is -0.127. The van der Waals surface area contributed by atoms with Gasteiger partial charge in [-0.3, -0.25) is 4.79 Å². The Balaban J connectivity index is 2.36. The fourth-order valence-corrected chi connectivity index (χ4v) is 2.41. The van der Waals surface area contributed by atoms with Gasteiger partial charge in [0.25, 0.3) is 0 Å². The SMILES string of the molecule is CCSC1CC(=O)N(CC)C1. The van der Waals surface area contributed by atoms with E-state index in [0.29, 0.717) is 11.2 Å². The number of hydrogen-bond donors (Lipinski definition) is 0. The summed E-state index contributed by atoms with van der Waals surface area (Å²) in [5.41, 5.74) is 0. The van der Waals surface area contributed by atoms with Gasteiger partial charge in [0, 0.05) is 24.8 Å². The first kappa shape index (κ1) is 8.91. The van der Waals surface area contributed by atoms with Gasteiger partial charge < -0.3 is 4.90 Å². The van der Waals surface area contributed by atoms with Gasteiger partial charge in [-0.25, -0.2) is 0 Å². The van der Waals surface area contributed by atoms with Crippen LogP contribution in [0.15, 0.2) is 0 Å². The Hall–Kier alpha value is -0.180. The highest BCUT2D eigenvalue weighted by molar-refractivity contribution is 7.99. The molecule has 0 aromatic heterocycles. The molecule has 0 saturated carbocycles. The van der Waals surface area contributed by atoms with Crippen LogP contribution in [0.3, 0.4) is 0 Å². The first-order valence-electron chi connectivity index (χ1n) is 4.17. The number of carbonyl (C=O) groups is 1. The van der Waals surface area contributed by atoms with E-state index in [1.165, 1.54) is 0 Å². The highest BCUT2D eigenvalue weighted by Crippen LogP contribution is 2.22. The molecule has 64 valence electrons. The third kappa shape index (κ3) is 2.12. The standard InChI is InChI=1S/C8H15NOS/c1-3-9-6-7(11-4-2)5-8(9)10/h7H,3-6H2,1-2H3. The lowest BCUT2D eigenvalue weighted by Gasteiger charge is -2.12. The molecule has 1 saturated heterocycles. The minimum atomic E-state index is 0.332. The van der Waals surface area contributed by atoms with E-state index in [4.69, 9.17) is 0 Å². The molecule has 0 bridgehead atoms. The molecule has 3 heteroatoms. The Morgan fingerprint density at radius 3 is 2.82 bits per heavy atom. The first-order valence-corrected chi connectivity index (χ1v) is 5.22. The Morgan fingerprint density at radius 1 is 1.64 bits per heavy atom. The molecule has 0 aliphatic carbocycles. The molecule has 1 aliphatic rings. The summed E-state index contributed by atoms with van der Waals surface area (Å²) in [6.07, 6.45) is 0.756. The molecule has 1 atom stereocenters. The summed E-state index contributed by atoms with van der Waals surface area (Å²) in [7, 11) is 0. The average molecular weight is 173 g/mol. The van der Waals surface area contributed by atoms with Crippen LogP contribution in [0.2, 0.25) is 0 Å². The van der Waals surface area contributed by atoms with Crippen LogP contribution in [0.25, 0.3) is 0 Å². The Kier molecular flexibility index (Phi) is 3.24. The molecule has 1 unspecified atom stereocenters. The summed E-state index contributed by atoms with van der Waals surface area (Å²) in [5, 5.41) is 0.562. The molecule has 0 N–H and O–H groups in total. The predicted octanol–water partition coefficient (Wildman–Crippen LogP) is 1.36. The number of nitrogens with zero attached hydrogens (tertiary/aromatic N) is 1. The molecular weight excluding hydrogens is 158 g/mol. The fourth-order valence-electron chi connectivity index (χ4n) is 1.39. The maximum atomic E-state index is 11.2. The molecule has 1 fully saturated rings. The molecule has 0 aromatic rings. The second kappa shape index (κ2) is 4.00. The van der Waals surface area contributed by atoms with Gasteiger partial charge in [0.1, 0.15) is 0 Å². The third-order valence-corrected chi connectivity index (χ3v) is 3.08. The summed E-state index contributed by atoms with van der Waals surface area (Å²) in [6, 6.07) is 0. The Morgan fingerprint density at radius 2 is 2.36 bits per heavy atom. The Labute approximate surface area is 72.3 Å². The molecule has 2 nitrogen and oxygen atoms in total. The third-order valence-electron chi connectivity index (χ3n) is 1.96. The van der Waals surface area contributed by atoms with Gasteiger partial charge in [-0.05, 0) is 12.7 Å². The van der Waals surface area contributed by atoms with Gasteiger partial charge in [0.05, 0.1) is 0 Å². The number of hydrogen-bond acceptors (Lipinski definition) is 2. The van der Waals surface area contributed by atoms with Crippen LogP contribution in [0.5, 0.6) is 0 Å². The summed E-state index contributed by atoms with van der Waals surface area (Å²) in [4.78, 5) is 13.1. The van der Waals surface area contributed by atoms with E-state index in [1.807, 2.05) is 23.6 Å². The highest BCUT2D eigenvalue weighted by atomic mass is 32.2. The predicted molar refractivity (Wildman–Crippen MR) is 48.8 cm³/mol. The van der Waals surface area contributed by atoms with Gasteiger partial charge in [0.15, 0.2) is 0 Å². The van der Waals surface area contributed by atoms with Crippen molar-refractivity contribution in [3.63, 3.8) is 0 Å². The van der Waals surface area contributed by atoms with Crippen LogP contribution in [0, 0.1) is 0 Å². The summed E-state index contributed by atoms with van der Waals surface area (Å²) >= 11 is 1.90. The zero-order valence-corrected chi connectivity index (χ0v) is 7.99. The monoisotopic (exact) mass is 173 g/mol. The smallest absolute Gasteiger partial charge is 0.223 e. The van der Waals surface area contributed by atoms with Crippen molar-refractivity contribution in [2.75, 3.05) is 18.8 Å². The maximum absolute atomic E-state index is 11.2. The zero-order chi connectivity index (χ0) is 8.27. The van der Waals surface area contributed by atoms with Crippen LogP contribution in [0.1, 0.15) is 20.3 Å². The molecule has 11 heavy (non-hydrogen) atoms. The quantitative estimate of drug-likeness (QED) is 0.642. The number of rotatable bonds is 3. The van der Waals surface area contributed by atoms with Crippen molar-refractivity contribution in [1.29, 1.82) is 0 Å². The van der Waals surface area contributed by atoms with E-state index in [0.717, 1.165) is 25.3 Å². The number of amides is 1. The second-order valence-electron chi connectivity index (χ2n) is 2.71. The lowest BCUT2D eigenvalue weighted by Crippen LogP contribution is -2.24. The van der Waals surface area contributed by atoms with Crippen LogP contribution in [0.4, 0.5) is 0 Å². The molecule has 0 aromatic carbocycles. The normalized spacial score (nSPS) is 24.7. The first-order chi connectivity index (χ1) is 5.27. The largest absolute Gasteiger partial charge is 0.342 e. The molecule has 1 amide bonds. The topological polar surface area (TPSA) is 20.3 Å². The number of carbonyl (C=O) groups excluding carboxylic acids is 1. The van der Waals surface area contributed by atoms with Crippen molar-refractivity contribution in [1.82, 2.24) is 4.90 Å². The van der Waals surface area contributed by atoms with Crippen molar-refractivity contribution in [2.45, 2.75) is 25.5 Å². The Bertz CT molecular complexity index is 149. The van der Waals surface area contributed by atoms with Gasteiger partial charge >= 0.3 is 0 Å². The van der Waals surface area contributed by atoms with Gasteiger partial charge in [-0.2, -0.15) is 11.8 Å². The van der Waals surface area contributed by atoms with Crippen molar-refractivity contribution < 1.29 is 4.79 Å². The van der Waals surface area contributed by atoms with Crippen LogP contribution < -0.4 is 0 Å². The van der Waals surface area contributed by atoms with Crippen LogP contribution in [-0.4, -0.2) is 34.9 Å². The fraction of sp³-hybridized carbons (Fsp3) is 0.875. The molecule has 1 rings (SSSR count). The number of thioether (sulfide) groups is 1. The molecular formula is C8H15NOS. The highest BCUT2D eigenvalue weighted by Gasteiger charge is 2.27. The minimum absolute atomic E-state index is 0.332. The van der Waals surface area contributed by atoms with E-state index in [-0.39, 0.29) is 0 Å². The maximum Gasteiger partial charge on any atom is 0.223 e. The minimum Gasteiger partial charge on any atom is -0.342 e. The van der Waals surface area contributed by atoms with E-state index in [2.05, 4.69) is 6.92 Å². The van der Waals surface area contributed by atoms with Crippen LogP contribution in [-0.2, 0) is 4.79 Å². The number of likely N-dealkylation sites (tertiary alicyclic amines) is 1. The van der Waals surface area contributed by atoms with Crippen molar-refractivity contribution in [3.05, 3.63) is 0 Å². The molecule has 1 aliphatic heterocycles. The van der Waals surface area contributed by atoms with E-state index in [9.17, 15) is 4.79 Å². The molecule has 0 spiro atoms. The van der Waals surface area contributed by atoms with Crippen molar-refractivity contribution in [3.8, 4) is 0 Å². The summed E-state index contributed by atoms with van der Waals surface area (Å²) < 4.78 is 0. The summed E-state index contributed by atoms with van der Waals surface area (Å²) in [5.74, 6) is 1.45. The average Bonchev–Trinajstić information content (AvgIpc) is 2.32. The van der Waals surface area contributed by atoms with E-state index < -0.39 is 0 Å². The second-order valence-corrected chi connectivity index (χ2v) is 4.29. The molecule has 1 heterocycles. The lowest BCUT2D eigenvalue weighted by atomic mass is 10.4.